The zero-order valence-electron chi connectivity index (χ0n) is 9.69. The number of nitrogen functional groups attached to an aromatic ring is 1. The summed E-state index contributed by atoms with van der Waals surface area (Å²) in [5.74, 6) is 0.0923. The molecule has 0 unspecified atom stereocenters. The molecule has 2 aromatic rings. The van der Waals surface area contributed by atoms with Crippen LogP contribution in [0.15, 0.2) is 17.3 Å². The van der Waals surface area contributed by atoms with Crippen LogP contribution in [0.3, 0.4) is 0 Å². The van der Waals surface area contributed by atoms with E-state index in [2.05, 4.69) is 15.0 Å². The van der Waals surface area contributed by atoms with Crippen molar-refractivity contribution in [3.8, 4) is 17.5 Å². The molecule has 5 nitrogen and oxygen atoms in total. The number of anilines is 1. The van der Waals surface area contributed by atoms with Gasteiger partial charge in [0.05, 0.1) is 5.02 Å². The zero-order valence-corrected chi connectivity index (χ0v) is 12.0. The van der Waals surface area contributed by atoms with Crippen LogP contribution in [0.2, 0.25) is 10.2 Å². The summed E-state index contributed by atoms with van der Waals surface area (Å²) in [5.41, 5.74) is 6.48. The van der Waals surface area contributed by atoms with E-state index in [4.69, 9.17) is 34.2 Å². The molecule has 2 rings (SSSR count). The quantitative estimate of drug-likeness (QED) is 0.521. The Hall–Kier alpha value is -1.55. The highest BCUT2D eigenvalue weighted by atomic mass is 35.5. The first kappa shape index (κ1) is 13.9. The highest BCUT2D eigenvalue weighted by molar-refractivity contribution is 7.98. The minimum absolute atomic E-state index is 0.0923. The van der Waals surface area contributed by atoms with E-state index in [1.54, 1.807) is 18.4 Å². The lowest BCUT2D eigenvalue weighted by Crippen LogP contribution is -2.03. The third-order valence-corrected chi connectivity index (χ3v) is 3.31. The lowest BCUT2D eigenvalue weighted by atomic mass is 10.1. The van der Waals surface area contributed by atoms with Crippen molar-refractivity contribution in [2.45, 2.75) is 5.16 Å². The van der Waals surface area contributed by atoms with Crippen molar-refractivity contribution in [1.82, 2.24) is 15.0 Å². The van der Waals surface area contributed by atoms with Crippen LogP contribution in [0.4, 0.5) is 5.82 Å². The maximum absolute atomic E-state index is 9.16. The fraction of sp³-hybridized carbons (Fsp3) is 0.0909. The van der Waals surface area contributed by atoms with E-state index in [1.807, 2.05) is 6.07 Å². The summed E-state index contributed by atoms with van der Waals surface area (Å²) in [6.45, 7) is 0. The Balaban J connectivity index is 2.77. The molecule has 2 aromatic heterocycles. The summed E-state index contributed by atoms with van der Waals surface area (Å²) in [4.78, 5) is 12.3. The van der Waals surface area contributed by atoms with Crippen molar-refractivity contribution in [1.29, 1.82) is 5.26 Å². The molecule has 0 bridgehead atoms. The van der Waals surface area contributed by atoms with Gasteiger partial charge in [0.25, 0.3) is 0 Å². The van der Waals surface area contributed by atoms with Crippen LogP contribution in [0.1, 0.15) is 5.56 Å². The highest BCUT2D eigenvalue weighted by Crippen LogP contribution is 2.31. The Morgan fingerprint density at radius 2 is 1.95 bits per heavy atom. The van der Waals surface area contributed by atoms with Gasteiger partial charge < -0.3 is 5.73 Å². The molecular weight excluding hydrogens is 305 g/mol. The number of halogens is 2. The summed E-state index contributed by atoms with van der Waals surface area (Å²) in [6.07, 6.45) is 1.80. The van der Waals surface area contributed by atoms with Gasteiger partial charge in [-0.2, -0.15) is 5.26 Å². The maximum atomic E-state index is 9.16. The molecule has 0 aromatic carbocycles. The summed E-state index contributed by atoms with van der Waals surface area (Å²) in [5, 5.41) is 10.2. The minimum Gasteiger partial charge on any atom is -0.382 e. The number of nitrogens with two attached hydrogens (primary N) is 1. The van der Waals surface area contributed by atoms with Crippen molar-refractivity contribution in [2.75, 3.05) is 12.0 Å². The fourth-order valence-corrected chi connectivity index (χ4v) is 2.13. The average molecular weight is 312 g/mol. The molecule has 0 saturated carbocycles. The second kappa shape index (κ2) is 5.61. The molecular formula is C11H7Cl2N5S. The van der Waals surface area contributed by atoms with Gasteiger partial charge >= 0.3 is 0 Å². The molecule has 19 heavy (non-hydrogen) atoms. The summed E-state index contributed by atoms with van der Waals surface area (Å²) >= 11 is 13.2. The molecule has 0 amide bonds. The smallest absolute Gasteiger partial charge is 0.189 e. The second-order valence-corrected chi connectivity index (χ2v) is 4.96. The Morgan fingerprint density at radius 1 is 1.21 bits per heavy atom. The fourth-order valence-electron chi connectivity index (χ4n) is 1.41. The number of pyridine rings is 1. The molecule has 0 aliphatic carbocycles. The van der Waals surface area contributed by atoms with Gasteiger partial charge in [-0.15, -0.1) is 0 Å². The molecule has 8 heteroatoms. The predicted molar refractivity (Wildman–Crippen MR) is 76.2 cm³/mol. The Morgan fingerprint density at radius 3 is 2.58 bits per heavy atom. The molecule has 2 heterocycles. The molecule has 0 aliphatic heterocycles. The van der Waals surface area contributed by atoms with Crippen LogP contribution in [-0.2, 0) is 0 Å². The van der Waals surface area contributed by atoms with E-state index < -0.39 is 0 Å². The van der Waals surface area contributed by atoms with Gasteiger partial charge in [-0.1, -0.05) is 35.0 Å². The van der Waals surface area contributed by atoms with E-state index in [0.29, 0.717) is 15.9 Å². The van der Waals surface area contributed by atoms with Crippen molar-refractivity contribution >= 4 is 40.8 Å². The van der Waals surface area contributed by atoms with E-state index in [0.717, 1.165) is 0 Å². The second-order valence-electron chi connectivity index (χ2n) is 3.40. The van der Waals surface area contributed by atoms with Gasteiger partial charge in [0, 0.05) is 0 Å². The van der Waals surface area contributed by atoms with Gasteiger partial charge in [0.2, 0.25) is 0 Å². The number of aromatic nitrogens is 3. The summed E-state index contributed by atoms with van der Waals surface area (Å²) < 4.78 is 0. The monoisotopic (exact) mass is 311 g/mol. The molecule has 0 radical (unpaired) electrons. The summed E-state index contributed by atoms with van der Waals surface area (Å²) in [7, 11) is 0. The minimum atomic E-state index is 0.0923. The van der Waals surface area contributed by atoms with Crippen molar-refractivity contribution < 1.29 is 0 Å². The molecule has 96 valence electrons. The average Bonchev–Trinajstić information content (AvgIpc) is 2.40. The number of thioether (sulfide) groups is 1. The SMILES string of the molecule is CSc1nc(N)c(C#N)c(-c2nc(Cl)ccc2Cl)n1. The van der Waals surface area contributed by atoms with E-state index in [9.17, 15) is 0 Å². The molecule has 2 N–H and O–H groups in total. The van der Waals surface area contributed by atoms with Crippen LogP contribution < -0.4 is 5.73 Å². The largest absolute Gasteiger partial charge is 0.382 e. The molecule has 0 fully saturated rings. The van der Waals surface area contributed by atoms with E-state index in [-0.39, 0.29) is 22.2 Å². The zero-order chi connectivity index (χ0) is 14.0. The molecule has 0 saturated heterocycles. The number of nitriles is 1. The van der Waals surface area contributed by atoms with Gasteiger partial charge in [0.1, 0.15) is 34.0 Å². The first-order valence-electron chi connectivity index (χ1n) is 5.00. The van der Waals surface area contributed by atoms with Gasteiger partial charge in [-0.05, 0) is 18.4 Å². The van der Waals surface area contributed by atoms with Crippen LogP contribution in [0.25, 0.3) is 11.4 Å². The number of nitrogens with zero attached hydrogens (tertiary/aromatic N) is 4. The predicted octanol–water partition coefficient (Wildman–Crippen LogP) is 3.02. The van der Waals surface area contributed by atoms with Gasteiger partial charge in [-0.3, -0.25) is 0 Å². The molecule has 0 atom stereocenters. The maximum Gasteiger partial charge on any atom is 0.189 e. The first-order valence-corrected chi connectivity index (χ1v) is 6.99. The van der Waals surface area contributed by atoms with Crippen molar-refractivity contribution in [2.24, 2.45) is 0 Å². The molecule has 0 aliphatic rings. The van der Waals surface area contributed by atoms with Crippen LogP contribution in [-0.4, -0.2) is 21.2 Å². The van der Waals surface area contributed by atoms with E-state index in [1.165, 1.54) is 11.8 Å². The lowest BCUT2D eigenvalue weighted by molar-refractivity contribution is 0.973. The third kappa shape index (κ3) is 2.73. The van der Waals surface area contributed by atoms with Crippen LogP contribution in [0.5, 0.6) is 0 Å². The van der Waals surface area contributed by atoms with Gasteiger partial charge in [0.15, 0.2) is 5.16 Å². The van der Waals surface area contributed by atoms with E-state index >= 15 is 0 Å². The number of hydrogen-bond acceptors (Lipinski definition) is 6. The standard InChI is InChI=1S/C11H7Cl2N5S/c1-19-11-17-8(5(4-14)10(15)18-11)9-6(12)2-3-7(13)16-9/h2-3H,1H3,(H2,15,17,18). The lowest BCUT2D eigenvalue weighted by Gasteiger charge is -2.08. The topological polar surface area (TPSA) is 88.5 Å². The third-order valence-electron chi connectivity index (χ3n) is 2.25. The first-order chi connectivity index (χ1) is 9.06. The van der Waals surface area contributed by atoms with Gasteiger partial charge in [-0.25, -0.2) is 15.0 Å². The van der Waals surface area contributed by atoms with Crippen molar-refractivity contribution in [3.63, 3.8) is 0 Å². The van der Waals surface area contributed by atoms with Crippen LogP contribution in [0, 0.1) is 11.3 Å². The van der Waals surface area contributed by atoms with Crippen LogP contribution >= 0.6 is 35.0 Å². The highest BCUT2D eigenvalue weighted by Gasteiger charge is 2.17. The Labute approximate surface area is 123 Å². The Kier molecular flexibility index (Phi) is 4.10. The van der Waals surface area contributed by atoms with Crippen molar-refractivity contribution in [3.05, 3.63) is 27.9 Å². The number of rotatable bonds is 2. The Bertz CT molecular complexity index is 684. The summed E-state index contributed by atoms with van der Waals surface area (Å²) in [6, 6.07) is 5.10. The normalized spacial score (nSPS) is 10.2. The number of hydrogen-bond donors (Lipinski definition) is 1. The molecule has 0 spiro atoms.